The highest BCUT2D eigenvalue weighted by Crippen LogP contribution is 2.63. The number of hydrogen-bond acceptors (Lipinski definition) is 0. The monoisotopic (exact) mass is 330 g/mol. The molecular formula is C22H38N2-2. The van der Waals surface area contributed by atoms with E-state index in [1.807, 2.05) is 7.05 Å². The Hall–Kier alpha value is -0.340. The van der Waals surface area contributed by atoms with Gasteiger partial charge in [-0.05, 0) is 48.9 Å². The summed E-state index contributed by atoms with van der Waals surface area (Å²) in [5.41, 5.74) is 1.83. The largest absolute Gasteiger partial charge is 0.660 e. The summed E-state index contributed by atoms with van der Waals surface area (Å²) >= 11 is 0. The number of allylic oxidation sites excluding steroid dienone is 1. The molecule has 0 saturated heterocycles. The molecule has 0 radical (unpaired) electrons. The molecule has 0 N–H and O–H groups in total. The van der Waals surface area contributed by atoms with Gasteiger partial charge in [0.15, 0.2) is 0 Å². The molecule has 2 nitrogen and oxygen atoms in total. The second-order valence-corrected chi connectivity index (χ2v) is 9.78. The van der Waals surface area contributed by atoms with Crippen LogP contribution in [0, 0.1) is 35.5 Å². The molecule has 7 unspecified atom stereocenters. The fourth-order valence-corrected chi connectivity index (χ4v) is 6.83. The van der Waals surface area contributed by atoms with Gasteiger partial charge in [0.25, 0.3) is 0 Å². The van der Waals surface area contributed by atoms with Gasteiger partial charge in [-0.1, -0.05) is 65.0 Å². The second-order valence-electron chi connectivity index (χ2n) is 9.78. The normalized spacial score (nSPS) is 45.8. The number of hydrogen-bond donors (Lipinski definition) is 0. The molecule has 7 atom stereocenters. The summed E-state index contributed by atoms with van der Waals surface area (Å²) in [6, 6.07) is 0. The summed E-state index contributed by atoms with van der Waals surface area (Å²) < 4.78 is 0. The van der Waals surface area contributed by atoms with Crippen LogP contribution in [-0.4, -0.2) is 25.2 Å². The molecule has 24 heavy (non-hydrogen) atoms. The quantitative estimate of drug-likeness (QED) is 0.550. The standard InChI is InChI=1S/C22H38N2/c1-14-10-11-22(24-7)16(3)8-9-18-15(2)12-17(19(14)20(18)22)13-21(4,5)23-6/h15-20H,1,8-13H2,2-7H3/q-2. The zero-order valence-electron chi connectivity index (χ0n) is 16.8. The Labute approximate surface area is 150 Å². The Morgan fingerprint density at radius 3 is 2.54 bits per heavy atom. The molecule has 3 saturated carbocycles. The highest BCUT2D eigenvalue weighted by atomic mass is 15.0. The number of nitrogens with zero attached hydrogens (tertiary/aromatic N) is 2. The maximum Gasteiger partial charge on any atom is -0.0158 e. The van der Waals surface area contributed by atoms with Gasteiger partial charge in [0, 0.05) is 0 Å². The first-order valence-electron chi connectivity index (χ1n) is 10.2. The van der Waals surface area contributed by atoms with E-state index in [1.54, 1.807) is 0 Å². The van der Waals surface area contributed by atoms with Gasteiger partial charge in [-0.15, -0.1) is 11.1 Å². The Morgan fingerprint density at radius 1 is 1.21 bits per heavy atom. The molecule has 0 heterocycles. The highest BCUT2D eigenvalue weighted by molar-refractivity contribution is 5.27. The highest BCUT2D eigenvalue weighted by Gasteiger charge is 2.54. The molecule has 0 spiro atoms. The Morgan fingerprint density at radius 2 is 1.92 bits per heavy atom. The molecule has 0 bridgehead atoms. The minimum Gasteiger partial charge on any atom is -0.660 e. The first-order chi connectivity index (χ1) is 11.3. The van der Waals surface area contributed by atoms with Crippen molar-refractivity contribution in [1.29, 1.82) is 0 Å². The zero-order chi connectivity index (χ0) is 17.7. The third kappa shape index (κ3) is 2.78. The van der Waals surface area contributed by atoms with Crippen LogP contribution in [0.4, 0.5) is 0 Å². The van der Waals surface area contributed by atoms with Crippen molar-refractivity contribution in [3.8, 4) is 0 Å². The van der Waals surface area contributed by atoms with Gasteiger partial charge in [-0.2, -0.15) is 14.1 Å². The number of rotatable bonds is 4. The second kappa shape index (κ2) is 6.43. The van der Waals surface area contributed by atoms with Crippen LogP contribution in [0.25, 0.3) is 10.6 Å². The van der Waals surface area contributed by atoms with Crippen molar-refractivity contribution >= 4 is 0 Å². The lowest BCUT2D eigenvalue weighted by atomic mass is 9.44. The van der Waals surface area contributed by atoms with E-state index in [0.29, 0.717) is 5.92 Å². The lowest BCUT2D eigenvalue weighted by molar-refractivity contribution is -0.0568. The maximum absolute atomic E-state index is 5.12. The van der Waals surface area contributed by atoms with Gasteiger partial charge in [-0.3, -0.25) is 0 Å². The molecule has 3 aliphatic rings. The summed E-state index contributed by atoms with van der Waals surface area (Å²) in [6.45, 7) is 14.2. The third-order valence-electron chi connectivity index (χ3n) is 8.23. The van der Waals surface area contributed by atoms with Crippen molar-refractivity contribution in [1.82, 2.24) is 0 Å². The molecule has 3 aliphatic carbocycles. The summed E-state index contributed by atoms with van der Waals surface area (Å²) in [4.78, 5) is 0. The summed E-state index contributed by atoms with van der Waals surface area (Å²) in [7, 11) is 4.09. The van der Waals surface area contributed by atoms with E-state index in [2.05, 4.69) is 46.6 Å². The maximum atomic E-state index is 5.12. The smallest absolute Gasteiger partial charge is 0.0158 e. The topological polar surface area (TPSA) is 28.2 Å². The summed E-state index contributed by atoms with van der Waals surface area (Å²) in [5, 5.41) is 9.79. The Kier molecular flexibility index (Phi) is 4.94. The SMILES string of the molecule is C=C1CCC2([N-]C)C(C)CCC3C(C)CC(CC(C)(C)[N-]C)C1C32. The van der Waals surface area contributed by atoms with Gasteiger partial charge in [0.05, 0.1) is 0 Å². The molecule has 0 aromatic carbocycles. The molecule has 3 fully saturated rings. The lowest BCUT2D eigenvalue weighted by Gasteiger charge is -2.69. The lowest BCUT2D eigenvalue weighted by Crippen LogP contribution is -2.60. The van der Waals surface area contributed by atoms with E-state index < -0.39 is 0 Å². The van der Waals surface area contributed by atoms with Crippen LogP contribution in [0.2, 0.25) is 0 Å². The predicted octanol–water partition coefficient (Wildman–Crippen LogP) is 6.19. The minimum atomic E-state index is 0.0846. The van der Waals surface area contributed by atoms with E-state index in [9.17, 15) is 0 Å². The van der Waals surface area contributed by atoms with Crippen LogP contribution in [-0.2, 0) is 0 Å². The van der Waals surface area contributed by atoms with Crippen LogP contribution in [0.5, 0.6) is 0 Å². The summed E-state index contributed by atoms with van der Waals surface area (Å²) in [6.07, 6.45) is 7.75. The van der Waals surface area contributed by atoms with Gasteiger partial charge in [-0.25, -0.2) is 0 Å². The first kappa shape index (κ1) is 18.5. The predicted molar refractivity (Wildman–Crippen MR) is 105 cm³/mol. The van der Waals surface area contributed by atoms with Crippen LogP contribution in [0.3, 0.4) is 0 Å². The van der Waals surface area contributed by atoms with E-state index >= 15 is 0 Å². The third-order valence-corrected chi connectivity index (χ3v) is 8.23. The van der Waals surface area contributed by atoms with E-state index in [0.717, 1.165) is 29.6 Å². The molecule has 3 rings (SSSR count). The van der Waals surface area contributed by atoms with Crippen molar-refractivity contribution in [2.24, 2.45) is 35.5 Å². The van der Waals surface area contributed by atoms with Gasteiger partial charge in [0.2, 0.25) is 0 Å². The fraction of sp³-hybridized carbons (Fsp3) is 0.909. The van der Waals surface area contributed by atoms with Gasteiger partial charge < -0.3 is 10.6 Å². The fourth-order valence-electron chi connectivity index (χ4n) is 6.83. The van der Waals surface area contributed by atoms with Gasteiger partial charge in [0.1, 0.15) is 0 Å². The van der Waals surface area contributed by atoms with E-state index in [1.165, 1.54) is 44.1 Å². The van der Waals surface area contributed by atoms with Crippen molar-refractivity contribution in [3.63, 3.8) is 0 Å². The molecule has 0 amide bonds. The summed E-state index contributed by atoms with van der Waals surface area (Å²) in [5.74, 6) is 4.54. The first-order valence-corrected chi connectivity index (χ1v) is 10.2. The van der Waals surface area contributed by atoms with Crippen molar-refractivity contribution < 1.29 is 0 Å². The average Bonchev–Trinajstić information content (AvgIpc) is 2.54. The van der Waals surface area contributed by atoms with Crippen LogP contribution >= 0.6 is 0 Å². The molecule has 0 aliphatic heterocycles. The molecule has 138 valence electrons. The van der Waals surface area contributed by atoms with E-state index in [-0.39, 0.29) is 11.1 Å². The Balaban J connectivity index is 1.99. The van der Waals surface area contributed by atoms with E-state index in [4.69, 9.17) is 5.32 Å². The van der Waals surface area contributed by atoms with Crippen LogP contribution in [0.15, 0.2) is 12.2 Å². The van der Waals surface area contributed by atoms with Crippen LogP contribution in [0.1, 0.15) is 66.2 Å². The molecule has 0 aromatic heterocycles. The molecule has 0 aromatic rings. The molecular weight excluding hydrogens is 292 g/mol. The van der Waals surface area contributed by atoms with Crippen LogP contribution < -0.4 is 0 Å². The average molecular weight is 331 g/mol. The minimum absolute atomic E-state index is 0.0846. The Bertz CT molecular complexity index is 482. The van der Waals surface area contributed by atoms with Crippen molar-refractivity contribution in [2.75, 3.05) is 14.1 Å². The zero-order valence-corrected chi connectivity index (χ0v) is 16.8. The molecule has 2 heteroatoms. The van der Waals surface area contributed by atoms with Crippen molar-refractivity contribution in [2.45, 2.75) is 77.3 Å². The van der Waals surface area contributed by atoms with Crippen molar-refractivity contribution in [3.05, 3.63) is 22.8 Å². The van der Waals surface area contributed by atoms with Gasteiger partial charge >= 0.3 is 0 Å².